The molecule has 160 valence electrons. The maximum atomic E-state index is 12.9. The van der Waals surface area contributed by atoms with Crippen LogP contribution in [0.25, 0.3) is 16.5 Å². The van der Waals surface area contributed by atoms with E-state index in [2.05, 4.69) is 21.3 Å². The van der Waals surface area contributed by atoms with Crippen molar-refractivity contribution in [3.05, 3.63) is 100 Å². The van der Waals surface area contributed by atoms with Gasteiger partial charge in [0.1, 0.15) is 0 Å². The summed E-state index contributed by atoms with van der Waals surface area (Å²) >= 11 is 0. The van der Waals surface area contributed by atoms with Crippen molar-refractivity contribution >= 4 is 28.3 Å². The summed E-state index contributed by atoms with van der Waals surface area (Å²) in [5, 5.41) is 8.00. The van der Waals surface area contributed by atoms with E-state index in [4.69, 9.17) is 0 Å². The first-order valence-electron chi connectivity index (χ1n) is 10.00. The first-order chi connectivity index (χ1) is 15.5. The molecule has 0 fully saturated rings. The number of carbonyl (C=O) groups excluding carboxylic acids is 2. The van der Waals surface area contributed by atoms with E-state index >= 15 is 0 Å². The van der Waals surface area contributed by atoms with Crippen LogP contribution in [0.3, 0.4) is 0 Å². The zero-order chi connectivity index (χ0) is 22.5. The van der Waals surface area contributed by atoms with E-state index < -0.39 is 11.8 Å². The van der Waals surface area contributed by atoms with Crippen LogP contribution in [0, 0.1) is 6.92 Å². The molecule has 0 radical (unpaired) electrons. The zero-order valence-electron chi connectivity index (χ0n) is 17.3. The number of fused-ring (bicyclic) bond motifs is 1. The van der Waals surface area contributed by atoms with Gasteiger partial charge in [0.2, 0.25) is 0 Å². The number of anilines is 1. The van der Waals surface area contributed by atoms with E-state index in [1.165, 1.54) is 4.68 Å². The second kappa shape index (κ2) is 9.13. The van der Waals surface area contributed by atoms with Crippen molar-refractivity contribution in [2.24, 2.45) is 0 Å². The highest BCUT2D eigenvalue weighted by Gasteiger charge is 2.18. The molecule has 4 rings (SSSR count). The predicted molar refractivity (Wildman–Crippen MR) is 123 cm³/mol. The Bertz CT molecular complexity index is 1330. The number of hydrogen-bond donors (Lipinski definition) is 3. The SMILES string of the molecule is Cc1ccc(NCC(=O)NNC(=O)c2nn(-c3ccccc3)c(=O)c3ccccc23)cc1. The summed E-state index contributed by atoms with van der Waals surface area (Å²) in [5.74, 6) is -1.06. The lowest BCUT2D eigenvalue weighted by molar-refractivity contribution is -0.120. The molecule has 0 spiro atoms. The van der Waals surface area contributed by atoms with Crippen LogP contribution < -0.4 is 21.7 Å². The Hall–Kier alpha value is -4.46. The summed E-state index contributed by atoms with van der Waals surface area (Å²) < 4.78 is 1.18. The van der Waals surface area contributed by atoms with Crippen molar-refractivity contribution < 1.29 is 9.59 Å². The molecule has 0 aliphatic carbocycles. The fraction of sp³-hybridized carbons (Fsp3) is 0.0833. The molecule has 0 saturated carbocycles. The molecule has 0 bridgehead atoms. The molecular formula is C24H21N5O3. The van der Waals surface area contributed by atoms with Crippen molar-refractivity contribution in [1.29, 1.82) is 0 Å². The third kappa shape index (κ3) is 4.49. The van der Waals surface area contributed by atoms with Crippen molar-refractivity contribution in [2.75, 3.05) is 11.9 Å². The normalized spacial score (nSPS) is 10.5. The lowest BCUT2D eigenvalue weighted by Gasteiger charge is -2.12. The van der Waals surface area contributed by atoms with Crippen LogP contribution in [-0.2, 0) is 4.79 Å². The first-order valence-corrected chi connectivity index (χ1v) is 10.00. The van der Waals surface area contributed by atoms with Gasteiger partial charge in [-0.2, -0.15) is 9.78 Å². The number of amides is 2. The minimum atomic E-state index is -0.630. The second-order valence-corrected chi connectivity index (χ2v) is 7.17. The van der Waals surface area contributed by atoms with Gasteiger partial charge in [-0.3, -0.25) is 25.2 Å². The van der Waals surface area contributed by atoms with Gasteiger partial charge in [-0.1, -0.05) is 54.1 Å². The van der Waals surface area contributed by atoms with Crippen molar-refractivity contribution in [2.45, 2.75) is 6.92 Å². The van der Waals surface area contributed by atoms with Crippen molar-refractivity contribution in [3.63, 3.8) is 0 Å². The molecule has 4 aromatic rings. The number of hydrazine groups is 1. The number of para-hydroxylation sites is 1. The Morgan fingerprint density at radius 2 is 1.50 bits per heavy atom. The fourth-order valence-electron chi connectivity index (χ4n) is 3.19. The molecule has 2 amide bonds. The number of nitrogens with zero attached hydrogens (tertiary/aromatic N) is 2. The number of aromatic nitrogens is 2. The van der Waals surface area contributed by atoms with E-state index in [0.29, 0.717) is 16.5 Å². The average Bonchev–Trinajstić information content (AvgIpc) is 2.83. The highest BCUT2D eigenvalue weighted by atomic mass is 16.2. The molecule has 8 heteroatoms. The molecule has 3 N–H and O–H groups in total. The number of aryl methyl sites for hydroxylation is 1. The highest BCUT2D eigenvalue weighted by Crippen LogP contribution is 2.15. The van der Waals surface area contributed by atoms with Gasteiger partial charge in [-0.15, -0.1) is 0 Å². The van der Waals surface area contributed by atoms with Gasteiger partial charge in [0.15, 0.2) is 5.69 Å². The largest absolute Gasteiger partial charge is 0.376 e. The molecule has 1 aromatic heterocycles. The van der Waals surface area contributed by atoms with Crippen molar-refractivity contribution in [3.8, 4) is 5.69 Å². The quantitative estimate of drug-likeness (QED) is 0.425. The van der Waals surface area contributed by atoms with Crippen LogP contribution in [-0.4, -0.2) is 28.1 Å². The molecule has 8 nitrogen and oxygen atoms in total. The Labute approximate surface area is 183 Å². The van der Waals surface area contributed by atoms with Gasteiger partial charge in [0.25, 0.3) is 17.4 Å². The van der Waals surface area contributed by atoms with E-state index in [0.717, 1.165) is 11.3 Å². The topological polar surface area (TPSA) is 105 Å². The first kappa shape index (κ1) is 20.8. The van der Waals surface area contributed by atoms with Gasteiger partial charge in [-0.05, 0) is 37.3 Å². The van der Waals surface area contributed by atoms with Gasteiger partial charge < -0.3 is 5.32 Å². The number of benzene rings is 3. The number of rotatable bonds is 5. The number of carbonyl (C=O) groups is 2. The summed E-state index contributed by atoms with van der Waals surface area (Å²) in [6.07, 6.45) is 0. The van der Waals surface area contributed by atoms with Gasteiger partial charge in [-0.25, -0.2) is 0 Å². The van der Waals surface area contributed by atoms with Gasteiger partial charge >= 0.3 is 0 Å². The number of hydrogen-bond acceptors (Lipinski definition) is 5. The highest BCUT2D eigenvalue weighted by molar-refractivity contribution is 6.05. The molecule has 3 aromatic carbocycles. The smallest absolute Gasteiger partial charge is 0.290 e. The summed E-state index contributed by atoms with van der Waals surface area (Å²) in [7, 11) is 0. The maximum Gasteiger partial charge on any atom is 0.290 e. The van der Waals surface area contributed by atoms with Crippen LogP contribution in [0.5, 0.6) is 0 Å². The van der Waals surface area contributed by atoms with Crippen LogP contribution in [0.15, 0.2) is 83.7 Å². The third-order valence-corrected chi connectivity index (χ3v) is 4.84. The molecule has 32 heavy (non-hydrogen) atoms. The summed E-state index contributed by atoms with van der Waals surface area (Å²) in [6.45, 7) is 1.95. The molecule has 0 aliphatic heterocycles. The molecular weight excluding hydrogens is 406 g/mol. The van der Waals surface area contributed by atoms with E-state index in [-0.39, 0.29) is 17.8 Å². The van der Waals surface area contributed by atoms with Gasteiger partial charge in [0.05, 0.1) is 17.6 Å². The molecule has 0 atom stereocenters. The lowest BCUT2D eigenvalue weighted by atomic mass is 10.1. The Morgan fingerprint density at radius 3 is 2.22 bits per heavy atom. The van der Waals surface area contributed by atoms with Crippen LogP contribution in [0.1, 0.15) is 16.1 Å². The Balaban J connectivity index is 1.53. The van der Waals surface area contributed by atoms with Crippen molar-refractivity contribution in [1.82, 2.24) is 20.6 Å². The van der Waals surface area contributed by atoms with Crippen LogP contribution >= 0.6 is 0 Å². The minimum Gasteiger partial charge on any atom is -0.376 e. The second-order valence-electron chi connectivity index (χ2n) is 7.17. The molecule has 0 unspecified atom stereocenters. The van der Waals surface area contributed by atoms with E-state index in [1.54, 1.807) is 48.5 Å². The lowest BCUT2D eigenvalue weighted by Crippen LogP contribution is -2.45. The Morgan fingerprint density at radius 1 is 0.844 bits per heavy atom. The standard InChI is InChI=1S/C24H21N5O3/c1-16-11-13-17(14-12-16)25-15-21(30)26-27-23(31)22-19-9-5-6-10-20(19)24(32)29(28-22)18-7-3-2-4-8-18/h2-14,25H,15H2,1H3,(H,26,30)(H,27,31). The summed E-state index contributed by atoms with van der Waals surface area (Å²) in [4.78, 5) is 37.9. The van der Waals surface area contributed by atoms with E-state index in [9.17, 15) is 14.4 Å². The average molecular weight is 427 g/mol. The fourth-order valence-corrected chi connectivity index (χ4v) is 3.19. The molecule has 0 aliphatic rings. The minimum absolute atomic E-state index is 0.0239. The molecule has 0 saturated heterocycles. The van der Waals surface area contributed by atoms with E-state index in [1.807, 2.05) is 37.3 Å². The van der Waals surface area contributed by atoms with Gasteiger partial charge in [0, 0.05) is 11.1 Å². The monoisotopic (exact) mass is 427 g/mol. The summed E-state index contributed by atoms with van der Waals surface area (Å²) in [5.41, 5.74) is 6.87. The third-order valence-electron chi connectivity index (χ3n) is 4.84. The summed E-state index contributed by atoms with van der Waals surface area (Å²) in [6, 6.07) is 23.1. The Kier molecular flexibility index (Phi) is 5.94. The maximum absolute atomic E-state index is 12.9. The van der Waals surface area contributed by atoms with Crippen LogP contribution in [0.2, 0.25) is 0 Å². The predicted octanol–water partition coefficient (Wildman–Crippen LogP) is 2.57. The number of nitrogens with one attached hydrogen (secondary N) is 3. The van der Waals surface area contributed by atoms with Crippen LogP contribution in [0.4, 0.5) is 5.69 Å². The zero-order valence-corrected chi connectivity index (χ0v) is 17.3. The molecule has 1 heterocycles.